The second-order valence-electron chi connectivity index (χ2n) is 2.58. The maximum absolute atomic E-state index is 12.7. The minimum absolute atomic E-state index is 0.161. The molecule has 0 atom stereocenters. The first-order valence-corrected chi connectivity index (χ1v) is 3.83. The molecule has 14 heavy (non-hydrogen) atoms. The highest BCUT2D eigenvalue weighted by atomic mass is 35.5. The molecule has 0 radical (unpaired) electrons. The van der Waals surface area contributed by atoms with Crippen molar-refractivity contribution in [1.29, 1.82) is 0 Å². The van der Waals surface area contributed by atoms with Crippen molar-refractivity contribution in [2.24, 2.45) is 0 Å². The molecule has 0 spiro atoms. The fourth-order valence-electron chi connectivity index (χ4n) is 0.847. The molecule has 78 valence electrons. The van der Waals surface area contributed by atoms with Crippen molar-refractivity contribution in [3.63, 3.8) is 0 Å². The summed E-state index contributed by atoms with van der Waals surface area (Å²) in [6.07, 6.45) is -5.60. The molecule has 0 saturated carbocycles. The predicted octanol–water partition coefficient (Wildman–Crippen LogP) is 3.99. The molecular formula is C8H4ClF5. The van der Waals surface area contributed by atoms with Crippen LogP contribution in [-0.2, 0) is 5.92 Å². The summed E-state index contributed by atoms with van der Waals surface area (Å²) in [5.41, 5.74) is -1.16. The number of rotatable bonds is 1. The summed E-state index contributed by atoms with van der Waals surface area (Å²) in [5, 5.41) is -0.161. The van der Waals surface area contributed by atoms with Crippen LogP contribution in [0.1, 0.15) is 5.56 Å². The van der Waals surface area contributed by atoms with Gasteiger partial charge in [0.1, 0.15) is 0 Å². The predicted molar refractivity (Wildman–Crippen MR) is 41.4 cm³/mol. The van der Waals surface area contributed by atoms with Gasteiger partial charge in [0, 0.05) is 10.6 Å². The van der Waals surface area contributed by atoms with E-state index in [9.17, 15) is 22.0 Å². The Morgan fingerprint density at radius 2 is 1.57 bits per heavy atom. The van der Waals surface area contributed by atoms with E-state index >= 15 is 0 Å². The van der Waals surface area contributed by atoms with Gasteiger partial charge in [0.15, 0.2) is 0 Å². The number of hydrogen-bond acceptors (Lipinski definition) is 0. The van der Waals surface area contributed by atoms with Gasteiger partial charge in [-0.15, -0.1) is 0 Å². The van der Waals surface area contributed by atoms with Gasteiger partial charge in [0.25, 0.3) is 0 Å². The Hall–Kier alpha value is -0.840. The molecule has 0 amide bonds. The van der Waals surface area contributed by atoms with E-state index < -0.39 is 17.7 Å². The lowest BCUT2D eigenvalue weighted by Gasteiger charge is -2.19. The van der Waals surface area contributed by atoms with E-state index in [2.05, 4.69) is 0 Å². The number of hydrogen-bond donors (Lipinski definition) is 0. The lowest BCUT2D eigenvalue weighted by Crippen LogP contribution is -2.33. The molecule has 1 aromatic carbocycles. The van der Waals surface area contributed by atoms with Crippen LogP contribution >= 0.6 is 11.6 Å². The van der Waals surface area contributed by atoms with Gasteiger partial charge < -0.3 is 0 Å². The molecule has 0 fully saturated rings. The Morgan fingerprint density at radius 1 is 1.00 bits per heavy atom. The quantitative estimate of drug-likeness (QED) is 0.640. The first kappa shape index (κ1) is 11.2. The van der Waals surface area contributed by atoms with Gasteiger partial charge in [-0.1, -0.05) is 23.7 Å². The molecule has 0 N–H and O–H groups in total. The summed E-state index contributed by atoms with van der Waals surface area (Å²) >= 11 is 5.30. The van der Waals surface area contributed by atoms with Gasteiger partial charge in [0.2, 0.25) is 0 Å². The van der Waals surface area contributed by atoms with E-state index in [4.69, 9.17) is 11.6 Å². The van der Waals surface area contributed by atoms with Crippen LogP contribution in [-0.4, -0.2) is 6.18 Å². The standard InChI is InChI=1S/C8H4ClF5/c9-6-3-1-2-5(4-6)7(10,11)8(12,13)14/h1-4H. The Morgan fingerprint density at radius 3 is 2.00 bits per heavy atom. The third-order valence-corrected chi connectivity index (χ3v) is 1.78. The van der Waals surface area contributed by atoms with Crippen molar-refractivity contribution in [2.75, 3.05) is 0 Å². The summed E-state index contributed by atoms with van der Waals surface area (Å²) in [6, 6.07) is 3.53. The second-order valence-corrected chi connectivity index (χ2v) is 3.02. The smallest absolute Gasteiger partial charge is 0.191 e. The van der Waals surface area contributed by atoms with Crippen LogP contribution in [0, 0.1) is 0 Å². The van der Waals surface area contributed by atoms with E-state index in [1.807, 2.05) is 0 Å². The Kier molecular flexibility index (Phi) is 2.71. The monoisotopic (exact) mass is 230 g/mol. The molecule has 1 rings (SSSR count). The number of alkyl halides is 5. The van der Waals surface area contributed by atoms with Crippen LogP contribution in [0.3, 0.4) is 0 Å². The molecule has 1 aromatic rings. The second kappa shape index (κ2) is 3.38. The van der Waals surface area contributed by atoms with Crippen LogP contribution in [0.4, 0.5) is 22.0 Å². The topological polar surface area (TPSA) is 0 Å². The number of halogens is 6. The van der Waals surface area contributed by atoms with Gasteiger partial charge in [0.05, 0.1) is 0 Å². The third kappa shape index (κ3) is 1.97. The maximum Gasteiger partial charge on any atom is 0.458 e. The van der Waals surface area contributed by atoms with Crippen molar-refractivity contribution in [3.8, 4) is 0 Å². The normalized spacial score (nSPS) is 13.0. The third-order valence-electron chi connectivity index (χ3n) is 1.54. The SMILES string of the molecule is FC(F)(F)C(F)(F)c1cccc(Cl)c1. The molecule has 0 aliphatic carbocycles. The van der Waals surface area contributed by atoms with Crippen LogP contribution in [0.25, 0.3) is 0 Å². The summed E-state index contributed by atoms with van der Waals surface area (Å²) in [7, 11) is 0. The van der Waals surface area contributed by atoms with Crippen molar-refractivity contribution >= 4 is 11.6 Å². The first-order valence-electron chi connectivity index (χ1n) is 3.46. The summed E-state index contributed by atoms with van der Waals surface area (Å²) in [4.78, 5) is 0. The van der Waals surface area contributed by atoms with E-state index in [0.717, 1.165) is 6.07 Å². The molecular weight excluding hydrogens is 227 g/mol. The summed E-state index contributed by atoms with van der Waals surface area (Å²) in [5.74, 6) is -4.86. The molecule has 0 unspecified atom stereocenters. The van der Waals surface area contributed by atoms with E-state index in [1.54, 1.807) is 0 Å². The van der Waals surface area contributed by atoms with Crippen LogP contribution in [0.5, 0.6) is 0 Å². The fourth-order valence-corrected chi connectivity index (χ4v) is 1.04. The van der Waals surface area contributed by atoms with Crippen molar-refractivity contribution < 1.29 is 22.0 Å². The minimum Gasteiger partial charge on any atom is -0.191 e. The molecule has 0 aromatic heterocycles. The molecule has 0 bridgehead atoms. The zero-order chi connectivity index (χ0) is 11.0. The average molecular weight is 231 g/mol. The lowest BCUT2D eigenvalue weighted by atomic mass is 10.1. The van der Waals surface area contributed by atoms with Crippen LogP contribution in [0.2, 0.25) is 5.02 Å². The molecule has 0 heterocycles. The van der Waals surface area contributed by atoms with Gasteiger partial charge in [-0.2, -0.15) is 22.0 Å². The molecule has 0 nitrogen and oxygen atoms in total. The van der Waals surface area contributed by atoms with Gasteiger partial charge in [-0.05, 0) is 12.1 Å². The minimum atomic E-state index is -5.60. The molecule has 6 heteroatoms. The molecule has 0 aliphatic heterocycles. The summed E-state index contributed by atoms with van der Waals surface area (Å²) in [6.45, 7) is 0. The average Bonchev–Trinajstić information content (AvgIpc) is 2.02. The maximum atomic E-state index is 12.7. The Bertz CT molecular complexity index is 331. The van der Waals surface area contributed by atoms with Gasteiger partial charge in [-0.25, -0.2) is 0 Å². The van der Waals surface area contributed by atoms with E-state index in [0.29, 0.717) is 12.1 Å². The van der Waals surface area contributed by atoms with E-state index in [-0.39, 0.29) is 5.02 Å². The highest BCUT2D eigenvalue weighted by Crippen LogP contribution is 2.44. The largest absolute Gasteiger partial charge is 0.458 e. The zero-order valence-corrected chi connectivity index (χ0v) is 7.33. The Labute approximate surface area is 81.3 Å². The van der Waals surface area contributed by atoms with Crippen LogP contribution in [0.15, 0.2) is 24.3 Å². The van der Waals surface area contributed by atoms with Crippen molar-refractivity contribution in [3.05, 3.63) is 34.9 Å². The van der Waals surface area contributed by atoms with Gasteiger partial charge >= 0.3 is 12.1 Å². The molecule has 0 aliphatic rings. The summed E-state index contributed by atoms with van der Waals surface area (Å²) < 4.78 is 60.9. The van der Waals surface area contributed by atoms with Crippen molar-refractivity contribution in [2.45, 2.75) is 12.1 Å². The van der Waals surface area contributed by atoms with Crippen LogP contribution < -0.4 is 0 Å². The molecule has 0 saturated heterocycles. The van der Waals surface area contributed by atoms with Crippen molar-refractivity contribution in [1.82, 2.24) is 0 Å². The number of benzene rings is 1. The fraction of sp³-hybridized carbons (Fsp3) is 0.250. The van der Waals surface area contributed by atoms with E-state index in [1.165, 1.54) is 6.07 Å². The van der Waals surface area contributed by atoms with Gasteiger partial charge in [-0.3, -0.25) is 0 Å². The zero-order valence-electron chi connectivity index (χ0n) is 6.58. The highest BCUT2D eigenvalue weighted by Gasteiger charge is 2.58. The highest BCUT2D eigenvalue weighted by molar-refractivity contribution is 6.30. The first-order chi connectivity index (χ1) is 6.25. The Balaban J connectivity index is 3.16. The lowest BCUT2D eigenvalue weighted by molar-refractivity contribution is -0.289.